The highest BCUT2D eigenvalue weighted by Gasteiger charge is 2.26. The summed E-state index contributed by atoms with van der Waals surface area (Å²) >= 11 is 0. The van der Waals surface area contributed by atoms with E-state index in [2.05, 4.69) is 27.6 Å². The lowest BCUT2D eigenvalue weighted by molar-refractivity contribution is 0.256. The Morgan fingerprint density at radius 3 is 2.48 bits per heavy atom. The number of anilines is 1. The van der Waals surface area contributed by atoms with Gasteiger partial charge in [-0.25, -0.2) is 17.9 Å². The lowest BCUT2D eigenvalue weighted by atomic mass is 9.99. The van der Waals surface area contributed by atoms with E-state index in [4.69, 9.17) is 0 Å². The van der Waals surface area contributed by atoms with Gasteiger partial charge in [0, 0.05) is 23.7 Å². The van der Waals surface area contributed by atoms with E-state index < -0.39 is 16.1 Å². The van der Waals surface area contributed by atoms with Gasteiger partial charge in [-0.2, -0.15) is 0 Å². The first-order valence-corrected chi connectivity index (χ1v) is 12.0. The Bertz CT molecular complexity index is 920. The number of nitrogens with zero attached hydrogens (tertiary/aromatic N) is 1. The number of carbonyl (C=O) groups is 1. The Morgan fingerprint density at radius 2 is 1.83 bits per heavy atom. The van der Waals surface area contributed by atoms with Gasteiger partial charge < -0.3 is 5.32 Å². The van der Waals surface area contributed by atoms with E-state index in [1.165, 1.54) is 22.3 Å². The van der Waals surface area contributed by atoms with Gasteiger partial charge in [0.25, 0.3) is 10.0 Å². The number of aryl methyl sites for hydroxylation is 2. The Morgan fingerprint density at radius 1 is 1.14 bits per heavy atom. The van der Waals surface area contributed by atoms with Crippen LogP contribution < -0.4 is 10.0 Å². The highest BCUT2D eigenvalue weighted by molar-refractivity contribution is 7.92. The second-order valence-electron chi connectivity index (χ2n) is 8.16. The van der Waals surface area contributed by atoms with Crippen molar-refractivity contribution < 1.29 is 13.2 Å². The molecule has 1 unspecified atom stereocenters. The molecule has 6 nitrogen and oxygen atoms in total. The molecule has 0 bridgehead atoms. The number of amides is 2. The summed E-state index contributed by atoms with van der Waals surface area (Å²) in [5, 5.41) is 3.99. The quantitative estimate of drug-likeness (QED) is 0.699. The molecular formula is C22H29N3O3S. The van der Waals surface area contributed by atoms with Crippen molar-refractivity contribution in [3.05, 3.63) is 52.5 Å². The first-order chi connectivity index (χ1) is 14.0. The van der Waals surface area contributed by atoms with E-state index in [0.717, 1.165) is 75.6 Å². The van der Waals surface area contributed by atoms with Crippen LogP contribution in [0.5, 0.6) is 0 Å². The topological polar surface area (TPSA) is 78.5 Å². The molecule has 2 amide bonds. The van der Waals surface area contributed by atoms with Crippen LogP contribution in [0.25, 0.3) is 0 Å². The summed E-state index contributed by atoms with van der Waals surface area (Å²) in [5.74, 6) is 0. The smallest absolute Gasteiger partial charge is 0.307 e. The van der Waals surface area contributed by atoms with Crippen molar-refractivity contribution in [2.45, 2.75) is 57.4 Å². The summed E-state index contributed by atoms with van der Waals surface area (Å²) in [5.41, 5.74) is 5.80. The molecule has 0 radical (unpaired) electrons. The molecule has 4 rings (SSSR count). The number of fused-ring (bicyclic) bond motifs is 2. The van der Waals surface area contributed by atoms with E-state index in [1.54, 1.807) is 6.08 Å². The molecule has 7 heteroatoms. The number of hydrogen-bond donors (Lipinski definition) is 2. The van der Waals surface area contributed by atoms with Crippen molar-refractivity contribution in [3.8, 4) is 0 Å². The molecule has 1 atom stereocenters. The lowest BCUT2D eigenvalue weighted by Crippen LogP contribution is -2.34. The fourth-order valence-electron chi connectivity index (χ4n) is 4.93. The maximum absolute atomic E-state index is 12.5. The summed E-state index contributed by atoms with van der Waals surface area (Å²) in [6.45, 7) is 5.41. The van der Waals surface area contributed by atoms with Gasteiger partial charge in [0.15, 0.2) is 0 Å². The third-order valence-electron chi connectivity index (χ3n) is 6.20. The number of carbonyl (C=O) groups excluding carboxylic acids is 1. The molecule has 1 saturated heterocycles. The number of likely N-dealkylation sites (tertiary alicyclic amines) is 1. The average molecular weight is 416 g/mol. The van der Waals surface area contributed by atoms with Crippen LogP contribution in [0.4, 0.5) is 10.5 Å². The summed E-state index contributed by atoms with van der Waals surface area (Å²) in [7, 11) is -3.85. The SMILES string of the molecule is C=CCN1CCCC1/C=C/S(=O)(=O)NC(=O)Nc1c2c(cc3c1CCC3)CCC2. The minimum Gasteiger partial charge on any atom is -0.307 e. The zero-order valence-electron chi connectivity index (χ0n) is 16.7. The predicted octanol–water partition coefficient (Wildman–Crippen LogP) is 3.28. The molecule has 1 aromatic carbocycles. The van der Waals surface area contributed by atoms with E-state index in [-0.39, 0.29) is 6.04 Å². The molecule has 2 N–H and O–H groups in total. The van der Waals surface area contributed by atoms with Crippen molar-refractivity contribution in [1.82, 2.24) is 9.62 Å². The molecule has 1 aliphatic heterocycles. The number of sulfonamides is 1. The molecule has 1 heterocycles. The van der Waals surface area contributed by atoms with Crippen molar-refractivity contribution >= 4 is 21.7 Å². The second kappa shape index (κ2) is 8.32. The van der Waals surface area contributed by atoms with Gasteiger partial charge in [0.2, 0.25) is 0 Å². The average Bonchev–Trinajstić information content (AvgIpc) is 3.40. The molecule has 0 spiro atoms. The monoisotopic (exact) mass is 415 g/mol. The van der Waals surface area contributed by atoms with E-state index in [1.807, 2.05) is 6.08 Å². The zero-order chi connectivity index (χ0) is 20.4. The highest BCUT2D eigenvalue weighted by atomic mass is 32.2. The number of urea groups is 1. The van der Waals surface area contributed by atoms with Gasteiger partial charge >= 0.3 is 6.03 Å². The third-order valence-corrected chi connectivity index (χ3v) is 7.19. The molecule has 0 aromatic heterocycles. The number of benzene rings is 1. The first-order valence-electron chi connectivity index (χ1n) is 10.5. The summed E-state index contributed by atoms with van der Waals surface area (Å²) in [4.78, 5) is 14.7. The van der Waals surface area contributed by atoms with Crippen LogP contribution in [0.1, 0.15) is 47.9 Å². The molecule has 1 aromatic rings. The van der Waals surface area contributed by atoms with Crippen LogP contribution in [0.2, 0.25) is 0 Å². The minimum absolute atomic E-state index is 0.0632. The van der Waals surface area contributed by atoms with Gasteiger partial charge in [0.05, 0.1) is 0 Å². The van der Waals surface area contributed by atoms with Crippen LogP contribution in [0.3, 0.4) is 0 Å². The normalized spacial score (nSPS) is 21.3. The summed E-state index contributed by atoms with van der Waals surface area (Å²) in [6.07, 6.45) is 11.5. The molecule has 2 aliphatic carbocycles. The standard InChI is InChI=1S/C22H29N3O3S/c1-2-12-25-13-5-8-18(25)11-14-29(27,28)24-22(26)23-21-19-9-3-6-16(19)15-17-7-4-10-20(17)21/h2,11,14-15,18H,1,3-10,12-13H2,(H2,23,24,26)/b14-11+. The van der Waals surface area contributed by atoms with Crippen molar-refractivity contribution in [2.75, 3.05) is 18.4 Å². The Labute approximate surface area is 173 Å². The van der Waals surface area contributed by atoms with Crippen molar-refractivity contribution in [1.29, 1.82) is 0 Å². The molecule has 0 saturated carbocycles. The summed E-state index contributed by atoms with van der Waals surface area (Å²) in [6, 6.07) is 1.66. The van der Waals surface area contributed by atoms with Crippen molar-refractivity contribution in [2.24, 2.45) is 0 Å². The fourth-order valence-corrected chi connectivity index (χ4v) is 5.69. The van der Waals surface area contributed by atoms with Gasteiger partial charge in [0.1, 0.15) is 0 Å². The Balaban J connectivity index is 1.45. The van der Waals surface area contributed by atoms with E-state index in [0.29, 0.717) is 0 Å². The largest absolute Gasteiger partial charge is 0.333 e. The fraction of sp³-hybridized carbons (Fsp3) is 0.500. The van der Waals surface area contributed by atoms with Crippen LogP contribution >= 0.6 is 0 Å². The number of hydrogen-bond acceptors (Lipinski definition) is 4. The number of rotatable bonds is 6. The molecule has 29 heavy (non-hydrogen) atoms. The van der Waals surface area contributed by atoms with Gasteiger partial charge in [-0.15, -0.1) is 6.58 Å². The van der Waals surface area contributed by atoms with Crippen LogP contribution in [-0.4, -0.2) is 38.5 Å². The van der Waals surface area contributed by atoms with Gasteiger partial charge in [-0.05, 0) is 80.2 Å². The first kappa shape index (κ1) is 20.2. The van der Waals surface area contributed by atoms with Crippen LogP contribution in [-0.2, 0) is 35.7 Å². The minimum atomic E-state index is -3.85. The highest BCUT2D eigenvalue weighted by Crippen LogP contribution is 2.38. The van der Waals surface area contributed by atoms with Crippen molar-refractivity contribution in [3.63, 3.8) is 0 Å². The Kier molecular flexibility index (Phi) is 5.79. The van der Waals surface area contributed by atoms with E-state index >= 15 is 0 Å². The maximum Gasteiger partial charge on any atom is 0.333 e. The van der Waals surface area contributed by atoms with Gasteiger partial charge in [-0.3, -0.25) is 4.90 Å². The number of nitrogens with one attached hydrogen (secondary N) is 2. The molecule has 3 aliphatic rings. The van der Waals surface area contributed by atoms with Crippen LogP contribution in [0.15, 0.2) is 30.2 Å². The molecule has 1 fully saturated rings. The zero-order valence-corrected chi connectivity index (χ0v) is 17.6. The Hall–Kier alpha value is -2.12. The third kappa shape index (κ3) is 4.41. The lowest BCUT2D eigenvalue weighted by Gasteiger charge is -2.19. The predicted molar refractivity (Wildman–Crippen MR) is 115 cm³/mol. The molecule has 156 valence electrons. The summed E-state index contributed by atoms with van der Waals surface area (Å²) < 4.78 is 27.0. The van der Waals surface area contributed by atoms with Gasteiger partial charge in [-0.1, -0.05) is 18.2 Å². The van der Waals surface area contributed by atoms with Crippen LogP contribution in [0, 0.1) is 0 Å². The maximum atomic E-state index is 12.5. The molecular weight excluding hydrogens is 386 g/mol. The second-order valence-corrected chi connectivity index (χ2v) is 9.72. The van der Waals surface area contributed by atoms with E-state index in [9.17, 15) is 13.2 Å².